The second-order valence-corrected chi connectivity index (χ2v) is 3.72. The van der Waals surface area contributed by atoms with Crippen molar-refractivity contribution in [1.82, 2.24) is 20.6 Å². The Labute approximate surface area is 92.5 Å². The number of nitrogens with zero attached hydrogens (tertiary/aromatic N) is 2. The quantitative estimate of drug-likeness (QED) is 0.736. The first-order chi connectivity index (χ1) is 7.77. The van der Waals surface area contributed by atoms with Crippen LogP contribution >= 0.6 is 0 Å². The Morgan fingerprint density at radius 1 is 1.50 bits per heavy atom. The zero-order valence-corrected chi connectivity index (χ0v) is 8.69. The molecule has 0 aromatic carbocycles. The molecule has 0 saturated carbocycles. The molecule has 2 N–H and O–H groups in total. The highest BCUT2D eigenvalue weighted by atomic mass is 19.1. The van der Waals surface area contributed by atoms with Crippen molar-refractivity contribution >= 4 is 5.91 Å². The molecule has 1 aromatic rings. The highest BCUT2D eigenvalue weighted by Crippen LogP contribution is 2.08. The second kappa shape index (κ2) is 4.98. The van der Waals surface area contributed by atoms with E-state index in [9.17, 15) is 9.18 Å². The van der Waals surface area contributed by atoms with Gasteiger partial charge in [0.2, 0.25) is 0 Å². The molecule has 6 heteroatoms. The van der Waals surface area contributed by atoms with Crippen molar-refractivity contribution in [3.63, 3.8) is 0 Å². The standard InChI is InChI=1S/C10H13FN4O/c11-8-1-2-12-5-9(8)15-10(16)7-3-13-6-14-4-7/h3-4,6,8-9,12H,1-2,5H2,(H,15,16)/t8-,9-/m1/s1. The van der Waals surface area contributed by atoms with Crippen LogP contribution in [0.25, 0.3) is 0 Å². The van der Waals surface area contributed by atoms with Crippen LogP contribution in [-0.2, 0) is 0 Å². The smallest absolute Gasteiger partial charge is 0.254 e. The molecule has 1 amide bonds. The van der Waals surface area contributed by atoms with E-state index in [1.807, 2.05) is 0 Å². The summed E-state index contributed by atoms with van der Waals surface area (Å²) in [5.41, 5.74) is 0.347. The first-order valence-electron chi connectivity index (χ1n) is 5.18. The highest BCUT2D eigenvalue weighted by molar-refractivity contribution is 5.93. The summed E-state index contributed by atoms with van der Waals surface area (Å²) in [6.07, 6.45) is 3.60. The topological polar surface area (TPSA) is 66.9 Å². The van der Waals surface area contributed by atoms with Crippen LogP contribution in [0.1, 0.15) is 16.8 Å². The Kier molecular flexibility index (Phi) is 3.40. The molecule has 2 heterocycles. The van der Waals surface area contributed by atoms with Crippen molar-refractivity contribution in [2.75, 3.05) is 13.1 Å². The molecule has 1 fully saturated rings. The lowest BCUT2D eigenvalue weighted by Gasteiger charge is -2.27. The van der Waals surface area contributed by atoms with Gasteiger partial charge in [-0.3, -0.25) is 4.79 Å². The van der Waals surface area contributed by atoms with Crippen molar-refractivity contribution in [1.29, 1.82) is 0 Å². The van der Waals surface area contributed by atoms with E-state index >= 15 is 0 Å². The first-order valence-corrected chi connectivity index (χ1v) is 5.18. The summed E-state index contributed by atoms with van der Waals surface area (Å²) >= 11 is 0. The maximum Gasteiger partial charge on any atom is 0.254 e. The van der Waals surface area contributed by atoms with E-state index in [4.69, 9.17) is 0 Å². The number of piperidine rings is 1. The molecule has 0 unspecified atom stereocenters. The minimum absolute atomic E-state index is 0.336. The van der Waals surface area contributed by atoms with E-state index in [-0.39, 0.29) is 5.91 Å². The van der Waals surface area contributed by atoms with E-state index < -0.39 is 12.2 Å². The van der Waals surface area contributed by atoms with Crippen LogP contribution in [0.15, 0.2) is 18.7 Å². The summed E-state index contributed by atoms with van der Waals surface area (Å²) in [4.78, 5) is 19.1. The number of carbonyl (C=O) groups excluding carboxylic acids is 1. The number of aromatic nitrogens is 2. The number of amides is 1. The fraction of sp³-hybridized carbons (Fsp3) is 0.500. The highest BCUT2D eigenvalue weighted by Gasteiger charge is 2.26. The van der Waals surface area contributed by atoms with Crippen LogP contribution in [0.2, 0.25) is 0 Å². The molecular formula is C10H13FN4O. The van der Waals surface area contributed by atoms with Crippen LogP contribution in [0.4, 0.5) is 4.39 Å². The van der Waals surface area contributed by atoms with Gasteiger partial charge >= 0.3 is 0 Å². The molecule has 1 aliphatic heterocycles. The largest absolute Gasteiger partial charge is 0.345 e. The summed E-state index contributed by atoms with van der Waals surface area (Å²) in [7, 11) is 0. The number of carbonyl (C=O) groups is 1. The van der Waals surface area contributed by atoms with Crippen molar-refractivity contribution in [2.45, 2.75) is 18.6 Å². The van der Waals surface area contributed by atoms with Crippen molar-refractivity contribution in [3.05, 3.63) is 24.3 Å². The summed E-state index contributed by atoms with van der Waals surface area (Å²) in [5.74, 6) is -0.336. The van der Waals surface area contributed by atoms with Crippen molar-refractivity contribution < 1.29 is 9.18 Å². The van der Waals surface area contributed by atoms with Crippen LogP contribution < -0.4 is 10.6 Å². The molecule has 0 aliphatic carbocycles. The van der Waals surface area contributed by atoms with Gasteiger partial charge in [-0.1, -0.05) is 0 Å². The average molecular weight is 224 g/mol. The van der Waals surface area contributed by atoms with E-state index in [1.54, 1.807) is 0 Å². The lowest BCUT2D eigenvalue weighted by molar-refractivity contribution is 0.0892. The predicted octanol–water partition coefficient (Wildman–Crippen LogP) is -0.0936. The SMILES string of the molecule is O=C(N[C@@H]1CNCC[C@H]1F)c1cncnc1. The number of hydrogen-bond donors (Lipinski definition) is 2. The van der Waals surface area contributed by atoms with E-state index in [2.05, 4.69) is 20.6 Å². The Morgan fingerprint density at radius 2 is 2.25 bits per heavy atom. The van der Waals surface area contributed by atoms with E-state index in [1.165, 1.54) is 18.7 Å². The monoisotopic (exact) mass is 224 g/mol. The van der Waals surface area contributed by atoms with Gasteiger partial charge in [0.25, 0.3) is 5.91 Å². The summed E-state index contributed by atoms with van der Waals surface area (Å²) in [5, 5.41) is 5.66. The molecular weight excluding hydrogens is 211 g/mol. The lowest BCUT2D eigenvalue weighted by atomic mass is 10.1. The van der Waals surface area contributed by atoms with Gasteiger partial charge in [-0.05, 0) is 13.0 Å². The normalized spacial score (nSPS) is 25.1. The fourth-order valence-corrected chi connectivity index (χ4v) is 1.64. The number of nitrogens with one attached hydrogen (secondary N) is 2. The third-order valence-corrected chi connectivity index (χ3v) is 2.54. The van der Waals surface area contributed by atoms with E-state index in [0.717, 1.165) is 0 Å². The summed E-state index contributed by atoms with van der Waals surface area (Å²) < 4.78 is 13.4. The van der Waals surface area contributed by atoms with Crippen LogP contribution in [0, 0.1) is 0 Å². The third kappa shape index (κ3) is 2.52. The molecule has 2 atom stereocenters. The summed E-state index contributed by atoms with van der Waals surface area (Å²) in [6.45, 7) is 1.11. The van der Waals surface area contributed by atoms with Crippen LogP contribution in [0.3, 0.4) is 0 Å². The van der Waals surface area contributed by atoms with E-state index in [0.29, 0.717) is 25.1 Å². The zero-order chi connectivity index (χ0) is 11.4. The molecule has 5 nitrogen and oxygen atoms in total. The molecule has 0 bridgehead atoms. The first kappa shape index (κ1) is 10.9. The van der Waals surface area contributed by atoms with Gasteiger partial charge < -0.3 is 10.6 Å². The Bertz CT molecular complexity index is 359. The average Bonchev–Trinajstić information content (AvgIpc) is 2.33. The maximum atomic E-state index is 13.4. The molecule has 16 heavy (non-hydrogen) atoms. The minimum Gasteiger partial charge on any atom is -0.345 e. The van der Waals surface area contributed by atoms with Gasteiger partial charge in [-0.15, -0.1) is 0 Å². The van der Waals surface area contributed by atoms with Gasteiger partial charge in [-0.2, -0.15) is 0 Å². The van der Waals surface area contributed by atoms with Crippen molar-refractivity contribution in [3.8, 4) is 0 Å². The number of rotatable bonds is 2. The molecule has 0 spiro atoms. The van der Waals surface area contributed by atoms with Crippen LogP contribution in [0.5, 0.6) is 0 Å². The van der Waals surface area contributed by atoms with Gasteiger partial charge in [0.15, 0.2) is 0 Å². The van der Waals surface area contributed by atoms with Gasteiger partial charge in [0.05, 0.1) is 11.6 Å². The zero-order valence-electron chi connectivity index (χ0n) is 8.69. The molecule has 0 radical (unpaired) electrons. The molecule has 1 aromatic heterocycles. The molecule has 86 valence electrons. The van der Waals surface area contributed by atoms with Gasteiger partial charge in [-0.25, -0.2) is 14.4 Å². The number of halogens is 1. The summed E-state index contributed by atoms with van der Waals surface area (Å²) in [6, 6.07) is -0.471. The van der Waals surface area contributed by atoms with Gasteiger partial charge in [0, 0.05) is 18.9 Å². The second-order valence-electron chi connectivity index (χ2n) is 3.72. The van der Waals surface area contributed by atoms with Crippen LogP contribution in [-0.4, -0.2) is 41.2 Å². The maximum absolute atomic E-state index is 13.4. The third-order valence-electron chi connectivity index (χ3n) is 2.54. The van der Waals surface area contributed by atoms with Gasteiger partial charge in [0.1, 0.15) is 12.5 Å². The molecule has 1 aliphatic rings. The minimum atomic E-state index is -0.991. The lowest BCUT2D eigenvalue weighted by Crippen LogP contribution is -2.52. The Hall–Kier alpha value is -1.56. The Morgan fingerprint density at radius 3 is 2.94 bits per heavy atom. The molecule has 2 rings (SSSR count). The number of hydrogen-bond acceptors (Lipinski definition) is 4. The fourth-order valence-electron chi connectivity index (χ4n) is 1.64. The number of alkyl halides is 1. The molecule has 1 saturated heterocycles. The van der Waals surface area contributed by atoms with Crippen molar-refractivity contribution in [2.24, 2.45) is 0 Å². The predicted molar refractivity (Wildman–Crippen MR) is 55.7 cm³/mol. The Balaban J connectivity index is 1.96.